The molecule has 0 amide bonds. The Balaban J connectivity index is 1.20. The van der Waals surface area contributed by atoms with Gasteiger partial charge >= 0.3 is 0 Å². The molecule has 0 bridgehead atoms. The molecular weight excluding hydrogens is 657 g/mol. The van der Waals surface area contributed by atoms with Crippen LogP contribution in [0.5, 0.6) is 0 Å². The minimum Gasteiger partial charge on any atom is -0.455 e. The average molecular weight is 687 g/mol. The van der Waals surface area contributed by atoms with Crippen LogP contribution >= 0.6 is 0 Å². The molecule has 0 atom stereocenters. The molecule has 0 spiro atoms. The van der Waals surface area contributed by atoms with Crippen LogP contribution in [0.4, 0.5) is 0 Å². The summed E-state index contributed by atoms with van der Waals surface area (Å²) in [5, 5.41) is 14.0. The van der Waals surface area contributed by atoms with E-state index in [1.807, 2.05) is 0 Å². The van der Waals surface area contributed by atoms with E-state index in [-0.39, 0.29) is 0 Å². The molecule has 2 nitrogen and oxygen atoms in total. The minimum atomic E-state index is 0.895. The van der Waals surface area contributed by atoms with E-state index in [0.717, 1.165) is 77.3 Å². The lowest BCUT2D eigenvalue weighted by atomic mass is 9.89. The Hall–Kier alpha value is -7.16. The summed E-state index contributed by atoms with van der Waals surface area (Å²) in [6.45, 7) is 0. The van der Waals surface area contributed by atoms with E-state index in [1.54, 1.807) is 0 Å². The third-order valence-electron chi connectivity index (χ3n) is 11.3. The molecule has 2 heteroatoms. The lowest BCUT2D eigenvalue weighted by Crippen LogP contribution is -1.89. The fourth-order valence-electron chi connectivity index (χ4n) is 8.79. The van der Waals surface area contributed by atoms with Crippen LogP contribution in [0.15, 0.2) is 191 Å². The summed E-state index contributed by atoms with van der Waals surface area (Å²) >= 11 is 0. The van der Waals surface area contributed by atoms with Gasteiger partial charge in [-0.05, 0) is 120 Å². The molecule has 0 fully saturated rings. The Morgan fingerprint density at radius 1 is 0.259 bits per heavy atom. The van der Waals surface area contributed by atoms with Gasteiger partial charge < -0.3 is 8.83 Å². The molecule has 2 aromatic heterocycles. The van der Waals surface area contributed by atoms with E-state index in [2.05, 4.69) is 182 Å². The number of hydrogen-bond acceptors (Lipinski definition) is 2. The SMILES string of the molecule is c1ccc(-c2cc(-c3cc4ccccc4c4c3oc3cc5ccccc5cc34)cc(-c3cc4ccccc4c4c3oc3cc5ccccc5cc34)c2)cc1. The third-order valence-corrected chi connectivity index (χ3v) is 11.3. The fraction of sp³-hybridized carbons (Fsp3) is 0. The van der Waals surface area contributed by atoms with E-state index in [0.29, 0.717) is 0 Å². The van der Waals surface area contributed by atoms with Crippen LogP contribution in [0.3, 0.4) is 0 Å². The second-order valence-corrected chi connectivity index (χ2v) is 14.5. The predicted octanol–water partition coefficient (Wildman–Crippen LogP) is 15.1. The van der Waals surface area contributed by atoms with Crippen molar-refractivity contribution in [1.29, 1.82) is 0 Å². The molecule has 0 aliphatic heterocycles. The predicted molar refractivity (Wildman–Crippen MR) is 227 cm³/mol. The Morgan fingerprint density at radius 3 is 1.13 bits per heavy atom. The van der Waals surface area contributed by atoms with Crippen molar-refractivity contribution in [1.82, 2.24) is 0 Å². The molecule has 54 heavy (non-hydrogen) atoms. The van der Waals surface area contributed by atoms with Crippen LogP contribution in [0.2, 0.25) is 0 Å². The fourth-order valence-corrected chi connectivity index (χ4v) is 8.79. The first-order chi connectivity index (χ1) is 26.7. The number of furan rings is 2. The van der Waals surface area contributed by atoms with Gasteiger partial charge in [-0.15, -0.1) is 0 Å². The van der Waals surface area contributed by atoms with Gasteiger partial charge in [0.05, 0.1) is 0 Å². The lowest BCUT2D eigenvalue weighted by molar-refractivity contribution is 0.670. The van der Waals surface area contributed by atoms with Gasteiger partial charge in [0.1, 0.15) is 22.3 Å². The highest BCUT2D eigenvalue weighted by Crippen LogP contribution is 2.46. The van der Waals surface area contributed by atoms with Crippen LogP contribution in [0, 0.1) is 0 Å². The molecule has 0 saturated heterocycles. The first-order valence-electron chi connectivity index (χ1n) is 18.5. The minimum absolute atomic E-state index is 0.895. The highest BCUT2D eigenvalue weighted by atomic mass is 16.3. The van der Waals surface area contributed by atoms with E-state index < -0.39 is 0 Å². The second kappa shape index (κ2) is 11.2. The standard InChI is InChI=1S/C52H30O2/c1-2-12-31(13-3-1)38-22-39(43-27-36-18-8-10-20-41(36)49-45-25-32-14-4-6-16-34(32)29-47(45)53-51(43)49)24-40(23-38)44-28-37-19-9-11-21-42(37)50-46-26-33-15-5-7-17-35(33)30-48(46)54-52(44)50/h1-30H. The van der Waals surface area contributed by atoms with Crippen molar-refractivity contribution in [3.8, 4) is 33.4 Å². The van der Waals surface area contributed by atoms with Crippen molar-refractivity contribution < 1.29 is 8.83 Å². The molecule has 0 N–H and O–H groups in total. The first kappa shape index (κ1) is 29.4. The Kier molecular flexibility index (Phi) is 6.09. The van der Waals surface area contributed by atoms with Gasteiger partial charge in [-0.3, -0.25) is 0 Å². The zero-order valence-electron chi connectivity index (χ0n) is 29.1. The molecule has 12 aromatic rings. The number of rotatable bonds is 3. The van der Waals surface area contributed by atoms with Gasteiger partial charge in [0.15, 0.2) is 0 Å². The summed E-state index contributed by atoms with van der Waals surface area (Å²) in [4.78, 5) is 0. The van der Waals surface area contributed by atoms with E-state index in [9.17, 15) is 0 Å². The highest BCUT2D eigenvalue weighted by Gasteiger charge is 2.21. The topological polar surface area (TPSA) is 26.3 Å². The molecular formula is C52H30O2. The van der Waals surface area contributed by atoms with Gasteiger partial charge in [0.25, 0.3) is 0 Å². The summed E-state index contributed by atoms with van der Waals surface area (Å²) in [7, 11) is 0. The summed E-state index contributed by atoms with van der Waals surface area (Å²) in [6.07, 6.45) is 0. The van der Waals surface area contributed by atoms with Crippen LogP contribution in [-0.4, -0.2) is 0 Å². The second-order valence-electron chi connectivity index (χ2n) is 14.5. The van der Waals surface area contributed by atoms with E-state index in [1.165, 1.54) is 43.1 Å². The zero-order chi connectivity index (χ0) is 35.3. The summed E-state index contributed by atoms with van der Waals surface area (Å²) in [6, 6.07) is 65.6. The molecule has 10 aromatic carbocycles. The van der Waals surface area contributed by atoms with Crippen LogP contribution < -0.4 is 0 Å². The average Bonchev–Trinajstić information content (AvgIpc) is 3.80. The molecule has 2 heterocycles. The normalized spacial score (nSPS) is 12.1. The molecule has 250 valence electrons. The van der Waals surface area contributed by atoms with Crippen molar-refractivity contribution in [3.05, 3.63) is 182 Å². The molecule has 0 radical (unpaired) electrons. The maximum Gasteiger partial charge on any atom is 0.143 e. The van der Waals surface area contributed by atoms with Crippen molar-refractivity contribution in [3.63, 3.8) is 0 Å². The number of fused-ring (bicyclic) bond motifs is 12. The maximum atomic E-state index is 6.93. The largest absolute Gasteiger partial charge is 0.455 e. The quantitative estimate of drug-likeness (QED) is 0.185. The summed E-state index contributed by atoms with van der Waals surface area (Å²) in [5.74, 6) is 0. The van der Waals surface area contributed by atoms with Crippen molar-refractivity contribution in [2.75, 3.05) is 0 Å². The van der Waals surface area contributed by atoms with E-state index >= 15 is 0 Å². The Morgan fingerprint density at radius 2 is 0.648 bits per heavy atom. The first-order valence-corrected chi connectivity index (χ1v) is 18.5. The van der Waals surface area contributed by atoms with Crippen molar-refractivity contribution in [2.24, 2.45) is 0 Å². The van der Waals surface area contributed by atoms with Gasteiger partial charge in [-0.2, -0.15) is 0 Å². The van der Waals surface area contributed by atoms with Crippen LogP contribution in [-0.2, 0) is 0 Å². The van der Waals surface area contributed by atoms with Gasteiger partial charge in [0, 0.05) is 32.7 Å². The smallest absolute Gasteiger partial charge is 0.143 e. The molecule has 0 aliphatic rings. The van der Waals surface area contributed by atoms with Crippen LogP contribution in [0.25, 0.3) is 120 Å². The van der Waals surface area contributed by atoms with Gasteiger partial charge in [0.2, 0.25) is 0 Å². The molecule has 0 unspecified atom stereocenters. The summed E-state index contributed by atoms with van der Waals surface area (Å²) in [5.41, 5.74) is 10.2. The number of benzene rings is 10. The Bertz CT molecular complexity index is 3280. The van der Waals surface area contributed by atoms with Gasteiger partial charge in [-0.1, -0.05) is 127 Å². The lowest BCUT2D eigenvalue weighted by Gasteiger charge is -2.14. The zero-order valence-corrected chi connectivity index (χ0v) is 29.1. The Labute approximate surface area is 310 Å². The van der Waals surface area contributed by atoms with E-state index in [4.69, 9.17) is 8.83 Å². The molecule has 0 saturated carbocycles. The molecule has 0 aliphatic carbocycles. The van der Waals surface area contributed by atoms with Crippen molar-refractivity contribution >= 4 is 87.0 Å². The van der Waals surface area contributed by atoms with Gasteiger partial charge in [-0.25, -0.2) is 0 Å². The monoisotopic (exact) mass is 686 g/mol. The number of hydrogen-bond donors (Lipinski definition) is 0. The van der Waals surface area contributed by atoms with Crippen LogP contribution in [0.1, 0.15) is 0 Å². The summed E-state index contributed by atoms with van der Waals surface area (Å²) < 4.78 is 13.9. The highest BCUT2D eigenvalue weighted by molar-refractivity contribution is 6.26. The van der Waals surface area contributed by atoms with Crippen molar-refractivity contribution in [2.45, 2.75) is 0 Å². The molecule has 12 rings (SSSR count). The maximum absolute atomic E-state index is 6.93. The third kappa shape index (κ3) is 4.34.